The second-order valence-corrected chi connectivity index (χ2v) is 6.13. The van der Waals surface area contributed by atoms with Crippen molar-refractivity contribution >= 4 is 6.03 Å². The van der Waals surface area contributed by atoms with Crippen LogP contribution in [0.3, 0.4) is 0 Å². The molecule has 19 heavy (non-hydrogen) atoms. The average molecular weight is 269 g/mol. The van der Waals surface area contributed by atoms with Crippen LogP contribution in [0, 0.1) is 0 Å². The molecule has 1 aliphatic heterocycles. The van der Waals surface area contributed by atoms with E-state index in [0.717, 1.165) is 38.5 Å². The molecule has 2 amide bonds. The minimum absolute atomic E-state index is 0.0954. The molecule has 0 aromatic carbocycles. The van der Waals surface area contributed by atoms with Gasteiger partial charge in [0.05, 0.1) is 6.10 Å². The average Bonchev–Trinajstić information content (AvgIpc) is 2.37. The van der Waals surface area contributed by atoms with Crippen molar-refractivity contribution in [1.82, 2.24) is 15.8 Å². The highest BCUT2D eigenvalue weighted by Crippen LogP contribution is 2.21. The monoisotopic (exact) mass is 269 g/mol. The Morgan fingerprint density at radius 1 is 1.05 bits per heavy atom. The van der Waals surface area contributed by atoms with Gasteiger partial charge in [0.2, 0.25) is 0 Å². The predicted octanol–water partition coefficient (Wildman–Crippen LogP) is 1.77. The SMILES string of the molecule is CC1CCCC(C)N1NC(=O)NC1CCC(O)CC1. The Labute approximate surface area is 115 Å². The molecule has 110 valence electrons. The van der Waals surface area contributed by atoms with E-state index in [0.29, 0.717) is 12.1 Å². The van der Waals surface area contributed by atoms with Gasteiger partial charge in [-0.1, -0.05) is 6.42 Å². The first kappa shape index (κ1) is 14.6. The Morgan fingerprint density at radius 3 is 2.21 bits per heavy atom. The largest absolute Gasteiger partial charge is 0.393 e. The molecule has 2 fully saturated rings. The van der Waals surface area contributed by atoms with Crippen molar-refractivity contribution in [3.05, 3.63) is 0 Å². The maximum atomic E-state index is 12.0. The smallest absolute Gasteiger partial charge is 0.329 e. The molecule has 2 unspecified atom stereocenters. The van der Waals surface area contributed by atoms with Crippen molar-refractivity contribution in [2.75, 3.05) is 0 Å². The third-order valence-corrected chi connectivity index (χ3v) is 4.46. The maximum absolute atomic E-state index is 12.0. The molecule has 0 radical (unpaired) electrons. The van der Waals surface area contributed by atoms with Crippen LogP contribution in [0.25, 0.3) is 0 Å². The van der Waals surface area contributed by atoms with Crippen LogP contribution in [-0.4, -0.2) is 40.4 Å². The fourth-order valence-electron chi connectivity index (χ4n) is 3.20. The van der Waals surface area contributed by atoms with Gasteiger partial charge < -0.3 is 10.4 Å². The Balaban J connectivity index is 1.77. The number of amides is 2. The van der Waals surface area contributed by atoms with Gasteiger partial charge in [-0.05, 0) is 52.4 Å². The van der Waals surface area contributed by atoms with Gasteiger partial charge >= 0.3 is 6.03 Å². The zero-order valence-corrected chi connectivity index (χ0v) is 12.1. The number of aliphatic hydroxyl groups is 1. The molecule has 5 nitrogen and oxygen atoms in total. The fraction of sp³-hybridized carbons (Fsp3) is 0.929. The molecule has 1 aliphatic carbocycles. The van der Waals surface area contributed by atoms with Crippen molar-refractivity contribution in [2.24, 2.45) is 0 Å². The summed E-state index contributed by atoms with van der Waals surface area (Å²) in [4.78, 5) is 12.0. The zero-order valence-electron chi connectivity index (χ0n) is 12.1. The van der Waals surface area contributed by atoms with Gasteiger partial charge in [-0.25, -0.2) is 9.80 Å². The molecule has 0 spiro atoms. The van der Waals surface area contributed by atoms with Crippen LogP contribution in [0.2, 0.25) is 0 Å². The lowest BCUT2D eigenvalue weighted by molar-refractivity contribution is 0.0573. The van der Waals surface area contributed by atoms with E-state index in [9.17, 15) is 9.90 Å². The van der Waals surface area contributed by atoms with E-state index in [-0.39, 0.29) is 18.2 Å². The Bertz CT molecular complexity index is 293. The van der Waals surface area contributed by atoms with E-state index in [2.05, 4.69) is 29.6 Å². The molecule has 1 heterocycles. The highest BCUT2D eigenvalue weighted by molar-refractivity contribution is 5.73. The summed E-state index contributed by atoms with van der Waals surface area (Å²) in [6.45, 7) is 4.32. The number of rotatable bonds is 2. The minimum atomic E-state index is -0.178. The van der Waals surface area contributed by atoms with Crippen LogP contribution in [-0.2, 0) is 0 Å². The van der Waals surface area contributed by atoms with Crippen LogP contribution >= 0.6 is 0 Å². The van der Waals surface area contributed by atoms with Crippen LogP contribution in [0.1, 0.15) is 58.8 Å². The van der Waals surface area contributed by atoms with Gasteiger partial charge in [-0.3, -0.25) is 5.43 Å². The first-order chi connectivity index (χ1) is 9.06. The van der Waals surface area contributed by atoms with E-state index >= 15 is 0 Å². The summed E-state index contributed by atoms with van der Waals surface area (Å²) < 4.78 is 0. The standard InChI is InChI=1S/C14H27N3O2/c1-10-4-3-5-11(2)17(10)16-14(19)15-12-6-8-13(18)9-7-12/h10-13,18H,3-9H2,1-2H3,(H2,15,16,19). The number of aliphatic hydroxyl groups excluding tert-OH is 1. The highest BCUT2D eigenvalue weighted by Gasteiger charge is 2.27. The molecule has 1 saturated carbocycles. The van der Waals surface area contributed by atoms with Gasteiger partial charge in [0.25, 0.3) is 0 Å². The number of piperidine rings is 1. The minimum Gasteiger partial charge on any atom is -0.393 e. The van der Waals surface area contributed by atoms with Crippen molar-refractivity contribution in [3.8, 4) is 0 Å². The summed E-state index contributed by atoms with van der Waals surface area (Å²) in [5.74, 6) is 0. The second kappa shape index (κ2) is 6.57. The zero-order chi connectivity index (χ0) is 13.8. The fourth-order valence-corrected chi connectivity index (χ4v) is 3.20. The number of nitrogens with zero attached hydrogens (tertiary/aromatic N) is 1. The summed E-state index contributed by atoms with van der Waals surface area (Å²) in [6, 6.07) is 0.922. The second-order valence-electron chi connectivity index (χ2n) is 6.13. The van der Waals surface area contributed by atoms with Crippen molar-refractivity contribution < 1.29 is 9.90 Å². The summed E-state index contributed by atoms with van der Waals surface area (Å²) >= 11 is 0. The summed E-state index contributed by atoms with van der Waals surface area (Å²) in [5, 5.41) is 14.6. The van der Waals surface area contributed by atoms with Crippen LogP contribution in [0.4, 0.5) is 4.79 Å². The van der Waals surface area contributed by atoms with Crippen LogP contribution in [0.5, 0.6) is 0 Å². The molecule has 0 aromatic rings. The normalized spacial score (nSPS) is 36.8. The molecular weight excluding hydrogens is 242 g/mol. The highest BCUT2D eigenvalue weighted by atomic mass is 16.3. The number of hydrogen-bond donors (Lipinski definition) is 3. The molecule has 5 heteroatoms. The number of hydrogen-bond acceptors (Lipinski definition) is 3. The molecule has 1 saturated heterocycles. The van der Waals surface area contributed by atoms with Gasteiger partial charge in [-0.15, -0.1) is 0 Å². The third-order valence-electron chi connectivity index (χ3n) is 4.46. The molecule has 0 aromatic heterocycles. The summed E-state index contributed by atoms with van der Waals surface area (Å²) in [7, 11) is 0. The van der Waals surface area contributed by atoms with Crippen LogP contribution in [0.15, 0.2) is 0 Å². The quantitative estimate of drug-likeness (QED) is 0.716. The van der Waals surface area contributed by atoms with E-state index in [4.69, 9.17) is 0 Å². The lowest BCUT2D eigenvalue weighted by Crippen LogP contribution is -2.57. The number of carbonyl (C=O) groups is 1. The Morgan fingerprint density at radius 2 is 1.63 bits per heavy atom. The first-order valence-electron chi connectivity index (χ1n) is 7.60. The topological polar surface area (TPSA) is 64.6 Å². The Kier molecular flexibility index (Phi) is 5.05. The van der Waals surface area contributed by atoms with E-state index in [1.807, 2.05) is 0 Å². The van der Waals surface area contributed by atoms with Crippen molar-refractivity contribution in [1.29, 1.82) is 0 Å². The molecule has 2 rings (SSSR count). The number of urea groups is 1. The van der Waals surface area contributed by atoms with Gasteiger partial charge in [0.15, 0.2) is 0 Å². The van der Waals surface area contributed by atoms with Gasteiger partial charge in [0, 0.05) is 18.1 Å². The molecule has 3 N–H and O–H groups in total. The molecular formula is C14H27N3O2. The summed E-state index contributed by atoms with van der Waals surface area (Å²) in [5.41, 5.74) is 3.00. The number of nitrogens with one attached hydrogen (secondary N) is 2. The lowest BCUT2D eigenvalue weighted by atomic mass is 9.93. The van der Waals surface area contributed by atoms with E-state index < -0.39 is 0 Å². The molecule has 2 aliphatic rings. The van der Waals surface area contributed by atoms with Gasteiger partial charge in [-0.2, -0.15) is 0 Å². The molecule has 0 bridgehead atoms. The van der Waals surface area contributed by atoms with E-state index in [1.165, 1.54) is 6.42 Å². The molecule has 2 atom stereocenters. The van der Waals surface area contributed by atoms with Crippen molar-refractivity contribution in [3.63, 3.8) is 0 Å². The lowest BCUT2D eigenvalue weighted by Gasteiger charge is -2.39. The maximum Gasteiger partial charge on any atom is 0.329 e. The summed E-state index contributed by atoms with van der Waals surface area (Å²) in [6.07, 6.45) is 6.68. The number of carbonyl (C=O) groups excluding carboxylic acids is 1. The van der Waals surface area contributed by atoms with Gasteiger partial charge in [0.1, 0.15) is 0 Å². The Hall–Kier alpha value is -0.810. The first-order valence-corrected chi connectivity index (χ1v) is 7.60. The third kappa shape index (κ3) is 4.08. The van der Waals surface area contributed by atoms with Crippen molar-refractivity contribution in [2.45, 2.75) is 83.0 Å². The number of hydrazine groups is 1. The van der Waals surface area contributed by atoms with E-state index in [1.54, 1.807) is 0 Å². The van der Waals surface area contributed by atoms with Crippen LogP contribution < -0.4 is 10.7 Å². The predicted molar refractivity (Wildman–Crippen MR) is 74.5 cm³/mol.